The van der Waals surface area contributed by atoms with Gasteiger partial charge in [-0.15, -0.1) is 0 Å². The number of carbonyl (C=O) groups excluding carboxylic acids is 2. The quantitative estimate of drug-likeness (QED) is 0.308. The molecule has 2 fully saturated rings. The van der Waals surface area contributed by atoms with Crippen molar-refractivity contribution in [2.75, 3.05) is 36.4 Å². The number of piperazine rings is 1. The lowest BCUT2D eigenvalue weighted by Gasteiger charge is -2.36. The Bertz CT molecular complexity index is 1820. The first-order chi connectivity index (χ1) is 21.2. The van der Waals surface area contributed by atoms with Crippen LogP contribution in [0, 0.1) is 24.4 Å². The molecule has 3 heterocycles. The predicted octanol–water partition coefficient (Wildman–Crippen LogP) is 4.03. The first kappa shape index (κ1) is 29.4. The molecular formula is C32H31F3N6O3. The number of nitrogens with one attached hydrogen (secondary N) is 2. The van der Waals surface area contributed by atoms with Gasteiger partial charge in [0.15, 0.2) is 0 Å². The summed E-state index contributed by atoms with van der Waals surface area (Å²) in [6.45, 7) is 4.71. The van der Waals surface area contributed by atoms with Crippen LogP contribution in [0.4, 0.5) is 24.5 Å². The largest absolute Gasteiger partial charge is 0.380 e. The summed E-state index contributed by atoms with van der Waals surface area (Å²) in [6, 6.07) is 13.0. The highest BCUT2D eigenvalue weighted by Crippen LogP contribution is 2.25. The highest BCUT2D eigenvalue weighted by Gasteiger charge is 2.31. The molecule has 0 bridgehead atoms. The molecule has 2 saturated heterocycles. The zero-order valence-corrected chi connectivity index (χ0v) is 24.1. The van der Waals surface area contributed by atoms with Crippen LogP contribution in [-0.2, 0) is 22.7 Å². The van der Waals surface area contributed by atoms with Crippen LogP contribution in [0.1, 0.15) is 35.8 Å². The van der Waals surface area contributed by atoms with Gasteiger partial charge in [-0.3, -0.25) is 29.2 Å². The van der Waals surface area contributed by atoms with Crippen LogP contribution >= 0.6 is 0 Å². The highest BCUT2D eigenvalue weighted by molar-refractivity contribution is 5.99. The van der Waals surface area contributed by atoms with Crippen molar-refractivity contribution >= 4 is 34.1 Å². The van der Waals surface area contributed by atoms with Crippen LogP contribution in [0.25, 0.3) is 10.9 Å². The number of amides is 2. The third kappa shape index (κ3) is 5.89. The molecule has 0 saturated carbocycles. The standard InChI is InChI=1S/C32H31F3N6O3/c1-19-37-26-4-2-3-25(30(26)32(44)41(19)28-9-10-29(42)38-31(28)43)36-17-21-6-5-20(15-23(21)34)18-39-11-13-40(14-12-39)27-8-7-22(33)16-24(27)35/h2-8,15-16,28,36H,9-14,17-18H2,1H3,(H,38,42,43). The number of anilines is 2. The number of aromatic nitrogens is 2. The van der Waals surface area contributed by atoms with E-state index in [1.807, 2.05) is 11.0 Å². The van der Waals surface area contributed by atoms with Crippen LogP contribution in [0.3, 0.4) is 0 Å². The number of fused-ring (bicyclic) bond motifs is 1. The normalized spacial score (nSPS) is 17.6. The van der Waals surface area contributed by atoms with E-state index in [-0.39, 0.29) is 30.7 Å². The maximum absolute atomic E-state index is 15.2. The van der Waals surface area contributed by atoms with Gasteiger partial charge in [-0.05, 0) is 49.2 Å². The Morgan fingerprint density at radius 2 is 1.75 bits per heavy atom. The summed E-state index contributed by atoms with van der Waals surface area (Å²) in [7, 11) is 0. The Kier molecular flexibility index (Phi) is 8.09. The first-order valence-corrected chi connectivity index (χ1v) is 14.5. The van der Waals surface area contributed by atoms with Crippen molar-refractivity contribution in [3.63, 3.8) is 0 Å². The molecule has 2 aliphatic heterocycles. The predicted molar refractivity (Wildman–Crippen MR) is 160 cm³/mol. The lowest BCUT2D eigenvalue weighted by Crippen LogP contribution is -2.46. The molecule has 2 amide bonds. The van der Waals surface area contributed by atoms with E-state index in [0.717, 1.165) is 11.6 Å². The van der Waals surface area contributed by atoms with E-state index in [4.69, 9.17) is 0 Å². The second kappa shape index (κ2) is 12.1. The number of piperidine rings is 1. The zero-order chi connectivity index (χ0) is 31.0. The third-order valence-electron chi connectivity index (χ3n) is 8.24. The number of rotatable bonds is 7. The van der Waals surface area contributed by atoms with Gasteiger partial charge in [0, 0.05) is 63.0 Å². The smallest absolute Gasteiger partial charge is 0.264 e. The second-order valence-electron chi connectivity index (χ2n) is 11.1. The zero-order valence-electron chi connectivity index (χ0n) is 24.1. The lowest BCUT2D eigenvalue weighted by molar-refractivity contribution is -0.135. The van der Waals surface area contributed by atoms with E-state index >= 15 is 4.39 Å². The molecule has 1 atom stereocenters. The fraction of sp³-hybridized carbons (Fsp3) is 0.312. The van der Waals surface area contributed by atoms with Crippen molar-refractivity contribution in [3.8, 4) is 0 Å². The molecule has 228 valence electrons. The maximum atomic E-state index is 15.2. The van der Waals surface area contributed by atoms with Gasteiger partial charge in [0.1, 0.15) is 29.3 Å². The number of carbonyl (C=O) groups is 2. The molecule has 9 nitrogen and oxygen atoms in total. The van der Waals surface area contributed by atoms with E-state index in [1.165, 1.54) is 22.8 Å². The van der Waals surface area contributed by atoms with Gasteiger partial charge in [0.05, 0.1) is 16.6 Å². The average Bonchev–Trinajstić information content (AvgIpc) is 2.98. The van der Waals surface area contributed by atoms with Gasteiger partial charge >= 0.3 is 0 Å². The van der Waals surface area contributed by atoms with Crippen molar-refractivity contribution in [1.29, 1.82) is 0 Å². The third-order valence-corrected chi connectivity index (χ3v) is 8.24. The van der Waals surface area contributed by atoms with Crippen LogP contribution < -0.4 is 21.1 Å². The molecule has 4 aromatic rings. The molecule has 2 N–H and O–H groups in total. The Balaban J connectivity index is 1.13. The van der Waals surface area contributed by atoms with Gasteiger partial charge in [0.2, 0.25) is 11.8 Å². The molecular weight excluding hydrogens is 573 g/mol. The molecule has 1 aromatic heterocycles. The molecule has 0 spiro atoms. The summed E-state index contributed by atoms with van der Waals surface area (Å²) in [4.78, 5) is 46.4. The molecule has 2 aliphatic rings. The monoisotopic (exact) mass is 604 g/mol. The number of halogens is 3. The van der Waals surface area contributed by atoms with Crippen LogP contribution in [0.2, 0.25) is 0 Å². The van der Waals surface area contributed by atoms with E-state index in [0.29, 0.717) is 61.0 Å². The summed E-state index contributed by atoms with van der Waals surface area (Å²) in [5.74, 6) is -2.13. The van der Waals surface area contributed by atoms with Gasteiger partial charge < -0.3 is 10.2 Å². The minimum atomic E-state index is -0.845. The molecule has 0 radical (unpaired) electrons. The van der Waals surface area contributed by atoms with Gasteiger partial charge in [0.25, 0.3) is 5.56 Å². The Morgan fingerprint density at radius 3 is 2.48 bits per heavy atom. The van der Waals surface area contributed by atoms with Gasteiger partial charge in [-0.1, -0.05) is 18.2 Å². The average molecular weight is 605 g/mol. The Labute approximate surface area is 251 Å². The molecule has 1 unspecified atom stereocenters. The topological polar surface area (TPSA) is 99.6 Å². The number of hydrogen-bond donors (Lipinski definition) is 2. The minimum Gasteiger partial charge on any atom is -0.380 e. The molecule has 6 rings (SSSR count). The number of hydrogen-bond acceptors (Lipinski definition) is 7. The van der Waals surface area contributed by atoms with Crippen LogP contribution in [0.5, 0.6) is 0 Å². The Morgan fingerprint density at radius 1 is 0.955 bits per heavy atom. The Hall–Kier alpha value is -4.71. The number of imide groups is 1. The summed E-state index contributed by atoms with van der Waals surface area (Å²) in [5.41, 5.74) is 2.07. The summed E-state index contributed by atoms with van der Waals surface area (Å²) < 4.78 is 44.0. The maximum Gasteiger partial charge on any atom is 0.264 e. The van der Waals surface area contributed by atoms with Gasteiger partial charge in [-0.2, -0.15) is 0 Å². The molecule has 0 aliphatic carbocycles. The number of benzene rings is 3. The SMILES string of the molecule is Cc1nc2cccc(NCc3ccc(CN4CCN(c5ccc(F)cc5F)CC4)cc3F)c2c(=O)n1C1CCC(=O)NC1=O. The van der Waals surface area contributed by atoms with Crippen molar-refractivity contribution < 1.29 is 22.8 Å². The fourth-order valence-electron chi connectivity index (χ4n) is 5.96. The lowest BCUT2D eigenvalue weighted by atomic mass is 10.0. The highest BCUT2D eigenvalue weighted by atomic mass is 19.1. The van der Waals surface area contributed by atoms with E-state index in [9.17, 15) is 23.2 Å². The summed E-state index contributed by atoms with van der Waals surface area (Å²) >= 11 is 0. The van der Waals surface area contributed by atoms with E-state index in [2.05, 4.69) is 20.5 Å². The molecule has 44 heavy (non-hydrogen) atoms. The molecule has 12 heteroatoms. The minimum absolute atomic E-state index is 0.110. The van der Waals surface area contributed by atoms with Gasteiger partial charge in [-0.25, -0.2) is 18.2 Å². The van der Waals surface area contributed by atoms with Crippen LogP contribution in [0.15, 0.2) is 59.4 Å². The number of aryl methyl sites for hydroxylation is 1. The summed E-state index contributed by atoms with van der Waals surface area (Å²) in [5, 5.41) is 5.73. The van der Waals surface area contributed by atoms with Crippen molar-refractivity contribution in [1.82, 2.24) is 19.8 Å². The van der Waals surface area contributed by atoms with Crippen molar-refractivity contribution in [2.24, 2.45) is 0 Å². The van der Waals surface area contributed by atoms with Crippen molar-refractivity contribution in [3.05, 3.63) is 99.4 Å². The molecule has 3 aromatic carbocycles. The van der Waals surface area contributed by atoms with E-state index < -0.39 is 35.0 Å². The fourth-order valence-corrected chi connectivity index (χ4v) is 5.96. The first-order valence-electron chi connectivity index (χ1n) is 14.5. The van der Waals surface area contributed by atoms with E-state index in [1.54, 1.807) is 31.2 Å². The van der Waals surface area contributed by atoms with Crippen LogP contribution in [-0.4, -0.2) is 52.4 Å². The number of nitrogens with zero attached hydrogens (tertiary/aromatic N) is 4. The second-order valence-corrected chi connectivity index (χ2v) is 11.1. The summed E-state index contributed by atoms with van der Waals surface area (Å²) in [6.07, 6.45) is 0.329. The van der Waals surface area contributed by atoms with Crippen molar-refractivity contribution in [2.45, 2.75) is 38.9 Å².